The SMILES string of the molecule is Nc1nc2cnc(Cl)nc2n1[C@@H]1C[C@@H](O)[C@H](CO)O1. The van der Waals surface area contributed by atoms with Crippen molar-refractivity contribution >= 4 is 28.7 Å². The predicted octanol–water partition coefficient (Wildman–Crippen LogP) is -0.297. The minimum absolute atomic E-state index is 0.0749. The Morgan fingerprint density at radius 1 is 1.53 bits per heavy atom. The molecule has 2 aromatic heterocycles. The third-order valence-electron chi connectivity index (χ3n) is 3.10. The monoisotopic (exact) mass is 285 g/mol. The highest BCUT2D eigenvalue weighted by Crippen LogP contribution is 2.32. The average Bonchev–Trinajstić information content (AvgIpc) is 2.88. The van der Waals surface area contributed by atoms with E-state index in [0.717, 1.165) is 0 Å². The molecule has 19 heavy (non-hydrogen) atoms. The number of fused-ring (bicyclic) bond motifs is 1. The molecule has 9 heteroatoms. The lowest BCUT2D eigenvalue weighted by atomic mass is 10.2. The van der Waals surface area contributed by atoms with Crippen LogP contribution in [0.2, 0.25) is 5.28 Å². The quantitative estimate of drug-likeness (QED) is 0.648. The number of nitrogen functional groups attached to an aromatic ring is 1. The summed E-state index contributed by atoms with van der Waals surface area (Å²) in [6.45, 7) is -0.264. The van der Waals surface area contributed by atoms with Crippen LogP contribution in [0, 0.1) is 0 Å². The van der Waals surface area contributed by atoms with Crippen molar-refractivity contribution in [1.82, 2.24) is 19.5 Å². The molecule has 102 valence electrons. The van der Waals surface area contributed by atoms with E-state index in [0.29, 0.717) is 17.6 Å². The minimum Gasteiger partial charge on any atom is -0.394 e. The van der Waals surface area contributed by atoms with Crippen molar-refractivity contribution in [3.63, 3.8) is 0 Å². The molecule has 0 spiro atoms. The van der Waals surface area contributed by atoms with Gasteiger partial charge in [0.1, 0.15) is 17.8 Å². The molecular formula is C10H12ClN5O3. The van der Waals surface area contributed by atoms with Crippen LogP contribution in [-0.4, -0.2) is 48.5 Å². The van der Waals surface area contributed by atoms with Gasteiger partial charge in [-0.3, -0.25) is 4.57 Å². The molecule has 0 radical (unpaired) electrons. The highest BCUT2D eigenvalue weighted by Gasteiger charge is 2.36. The standard InChI is InChI=1S/C10H12ClN5O3/c11-9-13-2-4-8(15-9)16(10(12)14-4)7-1-5(18)6(3-17)19-7/h2,5-7,17-18H,1,3H2,(H2,12,14)/t5-,6+,7+/m1/s1. The van der Waals surface area contributed by atoms with Gasteiger partial charge >= 0.3 is 0 Å². The smallest absolute Gasteiger partial charge is 0.224 e. The Hall–Kier alpha value is -1.48. The van der Waals surface area contributed by atoms with Crippen molar-refractivity contribution in [1.29, 1.82) is 0 Å². The summed E-state index contributed by atoms with van der Waals surface area (Å²) < 4.78 is 7.08. The maximum atomic E-state index is 9.76. The molecule has 0 aliphatic carbocycles. The number of anilines is 1. The summed E-state index contributed by atoms with van der Waals surface area (Å²) >= 11 is 5.76. The van der Waals surface area contributed by atoms with Gasteiger partial charge in [-0.05, 0) is 11.6 Å². The Kier molecular flexibility index (Phi) is 3.02. The molecule has 2 aromatic rings. The fourth-order valence-electron chi connectivity index (χ4n) is 2.21. The van der Waals surface area contributed by atoms with Gasteiger partial charge in [-0.2, -0.15) is 4.98 Å². The van der Waals surface area contributed by atoms with Gasteiger partial charge in [0.15, 0.2) is 5.65 Å². The van der Waals surface area contributed by atoms with E-state index in [1.807, 2.05) is 0 Å². The number of hydrogen-bond donors (Lipinski definition) is 3. The van der Waals surface area contributed by atoms with Crippen LogP contribution >= 0.6 is 11.6 Å². The molecule has 0 unspecified atom stereocenters. The third-order valence-corrected chi connectivity index (χ3v) is 3.28. The second-order valence-corrected chi connectivity index (χ2v) is 4.64. The second-order valence-electron chi connectivity index (χ2n) is 4.30. The zero-order valence-corrected chi connectivity index (χ0v) is 10.5. The Labute approximate surface area is 112 Å². The molecule has 1 fully saturated rings. The van der Waals surface area contributed by atoms with E-state index >= 15 is 0 Å². The van der Waals surface area contributed by atoms with Crippen molar-refractivity contribution in [2.24, 2.45) is 0 Å². The van der Waals surface area contributed by atoms with E-state index in [9.17, 15) is 5.11 Å². The van der Waals surface area contributed by atoms with Gasteiger partial charge in [-0.1, -0.05) is 0 Å². The van der Waals surface area contributed by atoms with E-state index in [-0.39, 0.29) is 17.8 Å². The number of ether oxygens (including phenoxy) is 1. The van der Waals surface area contributed by atoms with Crippen molar-refractivity contribution in [3.05, 3.63) is 11.5 Å². The van der Waals surface area contributed by atoms with E-state index in [1.165, 1.54) is 6.20 Å². The maximum Gasteiger partial charge on any atom is 0.224 e. The number of nitrogens with two attached hydrogens (primary N) is 1. The van der Waals surface area contributed by atoms with Crippen molar-refractivity contribution < 1.29 is 14.9 Å². The Morgan fingerprint density at radius 3 is 3.00 bits per heavy atom. The fourth-order valence-corrected chi connectivity index (χ4v) is 2.34. The number of aromatic nitrogens is 4. The van der Waals surface area contributed by atoms with Gasteiger partial charge < -0.3 is 20.7 Å². The highest BCUT2D eigenvalue weighted by molar-refractivity contribution is 6.28. The summed E-state index contributed by atoms with van der Waals surface area (Å²) in [5.74, 6) is 0.197. The van der Waals surface area contributed by atoms with Crippen molar-refractivity contribution in [3.8, 4) is 0 Å². The van der Waals surface area contributed by atoms with Crippen LogP contribution in [0.5, 0.6) is 0 Å². The molecule has 0 aromatic carbocycles. The van der Waals surface area contributed by atoms with Gasteiger partial charge in [-0.25, -0.2) is 9.97 Å². The van der Waals surface area contributed by atoms with E-state index in [4.69, 9.17) is 27.2 Å². The number of halogens is 1. The summed E-state index contributed by atoms with van der Waals surface area (Å²) in [5.41, 5.74) is 6.76. The Balaban J connectivity index is 2.05. The van der Waals surface area contributed by atoms with Gasteiger partial charge in [0.25, 0.3) is 0 Å². The molecule has 1 saturated heterocycles. The molecule has 0 amide bonds. The summed E-state index contributed by atoms with van der Waals surface area (Å²) in [5, 5.41) is 18.9. The van der Waals surface area contributed by atoms with Crippen molar-refractivity contribution in [2.45, 2.75) is 24.9 Å². The summed E-state index contributed by atoms with van der Waals surface area (Å²) in [6, 6.07) is 0. The molecule has 1 aliphatic heterocycles. The zero-order chi connectivity index (χ0) is 13.6. The van der Waals surface area contributed by atoms with Crippen molar-refractivity contribution in [2.75, 3.05) is 12.3 Å². The number of hydrogen-bond acceptors (Lipinski definition) is 7. The van der Waals surface area contributed by atoms with Crippen LogP contribution < -0.4 is 5.73 Å². The van der Waals surface area contributed by atoms with Crippen LogP contribution in [0.25, 0.3) is 11.2 Å². The highest BCUT2D eigenvalue weighted by atomic mass is 35.5. The minimum atomic E-state index is -0.760. The molecule has 0 bridgehead atoms. The molecule has 8 nitrogen and oxygen atoms in total. The topological polar surface area (TPSA) is 119 Å². The van der Waals surface area contributed by atoms with Gasteiger partial charge in [0, 0.05) is 6.42 Å². The molecule has 3 atom stereocenters. The first-order valence-electron chi connectivity index (χ1n) is 5.70. The van der Waals surface area contributed by atoms with Gasteiger partial charge in [0.05, 0.1) is 18.9 Å². The van der Waals surface area contributed by atoms with E-state index < -0.39 is 18.4 Å². The number of rotatable bonds is 2. The predicted molar refractivity (Wildman–Crippen MR) is 66.4 cm³/mol. The summed E-state index contributed by atoms with van der Waals surface area (Å²) in [4.78, 5) is 12.0. The molecule has 0 saturated carbocycles. The lowest BCUT2D eigenvalue weighted by Crippen LogP contribution is -2.24. The first-order valence-corrected chi connectivity index (χ1v) is 6.08. The summed E-state index contributed by atoms with van der Waals surface area (Å²) in [6.07, 6.45) is -0.180. The molecular weight excluding hydrogens is 274 g/mol. The van der Waals surface area contributed by atoms with Gasteiger partial charge in [-0.15, -0.1) is 0 Å². The summed E-state index contributed by atoms with van der Waals surface area (Å²) in [7, 11) is 0. The molecule has 1 aliphatic rings. The lowest BCUT2D eigenvalue weighted by Gasteiger charge is -2.14. The Morgan fingerprint density at radius 2 is 2.32 bits per heavy atom. The molecule has 3 heterocycles. The van der Waals surface area contributed by atoms with Crippen LogP contribution in [0.15, 0.2) is 6.20 Å². The van der Waals surface area contributed by atoms with Crippen LogP contribution in [-0.2, 0) is 4.74 Å². The number of imidazole rings is 1. The van der Waals surface area contributed by atoms with Crippen LogP contribution in [0.3, 0.4) is 0 Å². The number of aliphatic hydroxyl groups excluding tert-OH is 2. The zero-order valence-electron chi connectivity index (χ0n) is 9.77. The lowest BCUT2D eigenvalue weighted by molar-refractivity contribution is -0.0425. The number of nitrogens with zero attached hydrogens (tertiary/aromatic N) is 4. The molecule has 4 N–H and O–H groups in total. The van der Waals surface area contributed by atoms with E-state index in [2.05, 4.69) is 15.0 Å². The first-order chi connectivity index (χ1) is 9.10. The second kappa shape index (κ2) is 4.57. The number of aliphatic hydroxyl groups is 2. The Bertz CT molecular complexity index is 618. The fraction of sp³-hybridized carbons (Fsp3) is 0.500. The first kappa shape index (κ1) is 12.5. The average molecular weight is 286 g/mol. The van der Waals surface area contributed by atoms with Crippen LogP contribution in [0.4, 0.5) is 5.95 Å². The third kappa shape index (κ3) is 2.02. The van der Waals surface area contributed by atoms with E-state index in [1.54, 1.807) is 4.57 Å². The van der Waals surface area contributed by atoms with Crippen LogP contribution in [0.1, 0.15) is 12.6 Å². The largest absolute Gasteiger partial charge is 0.394 e. The maximum absolute atomic E-state index is 9.76. The molecule has 3 rings (SSSR count). The normalized spacial score (nSPS) is 27.2. The van der Waals surface area contributed by atoms with Gasteiger partial charge in [0.2, 0.25) is 11.2 Å².